The Labute approximate surface area is 124 Å². The van der Waals surface area contributed by atoms with Gasteiger partial charge in [0.2, 0.25) is 0 Å². The van der Waals surface area contributed by atoms with Crippen molar-refractivity contribution in [2.24, 2.45) is 0 Å². The van der Waals surface area contributed by atoms with E-state index in [0.717, 1.165) is 19.5 Å². The number of amides is 1. The Bertz CT molecular complexity index is 386. The smallest absolute Gasteiger partial charge is 0.272 e. The number of rotatable bonds is 2. The van der Waals surface area contributed by atoms with Crippen molar-refractivity contribution in [3.05, 3.63) is 29.0 Å². The molecule has 0 spiro atoms. The van der Waals surface area contributed by atoms with Crippen LogP contribution in [0.1, 0.15) is 16.9 Å². The van der Waals surface area contributed by atoms with Crippen LogP contribution < -0.4 is 5.32 Å². The summed E-state index contributed by atoms with van der Waals surface area (Å²) in [6.45, 7) is 1.54. The van der Waals surface area contributed by atoms with Crippen molar-refractivity contribution in [3.63, 3.8) is 0 Å². The fourth-order valence-electron chi connectivity index (χ4n) is 1.84. The van der Waals surface area contributed by atoms with Gasteiger partial charge in [0.15, 0.2) is 0 Å². The van der Waals surface area contributed by atoms with E-state index in [0.29, 0.717) is 16.8 Å². The third-order valence-corrected chi connectivity index (χ3v) is 3.05. The molecule has 1 aromatic heterocycles. The topological polar surface area (TPSA) is 45.2 Å². The maximum absolute atomic E-state index is 12.0. The predicted molar refractivity (Wildman–Crippen MR) is 77.1 cm³/mol. The van der Waals surface area contributed by atoms with E-state index in [1.807, 2.05) is 11.9 Å². The molecule has 0 bridgehead atoms. The highest BCUT2D eigenvalue weighted by molar-refractivity contribution is 6.30. The second-order valence-corrected chi connectivity index (χ2v) is 4.32. The van der Waals surface area contributed by atoms with Gasteiger partial charge in [-0.1, -0.05) is 11.6 Å². The molecule has 0 radical (unpaired) electrons. The second-order valence-electron chi connectivity index (χ2n) is 3.89. The molecule has 1 aliphatic heterocycles. The fraction of sp³-hybridized carbons (Fsp3) is 0.455. The fourth-order valence-corrected chi connectivity index (χ4v) is 1.96. The van der Waals surface area contributed by atoms with Crippen LogP contribution in [0, 0.1) is 0 Å². The standard InChI is InChI=1S/C11H14ClN3O.2ClH/c1-13-9-4-5-15(7-9)11(16)10-3-2-8(12)6-14-10;;/h2-3,6,9,13H,4-5,7H2,1H3;2*1H. The van der Waals surface area contributed by atoms with Crippen molar-refractivity contribution in [1.82, 2.24) is 15.2 Å². The van der Waals surface area contributed by atoms with Gasteiger partial charge in [0.05, 0.1) is 5.02 Å². The number of likely N-dealkylation sites (N-methyl/N-ethyl adjacent to an activating group) is 1. The Morgan fingerprint density at radius 2 is 2.22 bits per heavy atom. The lowest BCUT2D eigenvalue weighted by molar-refractivity contribution is 0.0784. The third kappa shape index (κ3) is 3.99. The zero-order valence-corrected chi connectivity index (χ0v) is 12.3. The van der Waals surface area contributed by atoms with Crippen LogP contribution in [0.25, 0.3) is 0 Å². The molecule has 4 nitrogen and oxygen atoms in total. The average Bonchev–Trinajstić information content (AvgIpc) is 2.77. The van der Waals surface area contributed by atoms with Crippen LogP contribution in [0.5, 0.6) is 0 Å². The summed E-state index contributed by atoms with van der Waals surface area (Å²) < 4.78 is 0. The number of halogens is 3. The number of aromatic nitrogens is 1. The molecular formula is C11H16Cl3N3O. The van der Waals surface area contributed by atoms with Gasteiger partial charge in [0, 0.05) is 25.3 Å². The number of nitrogens with one attached hydrogen (secondary N) is 1. The molecule has 0 aliphatic carbocycles. The second kappa shape index (κ2) is 7.79. The van der Waals surface area contributed by atoms with Gasteiger partial charge in [-0.05, 0) is 25.6 Å². The summed E-state index contributed by atoms with van der Waals surface area (Å²) in [5.74, 6) is -0.0191. The summed E-state index contributed by atoms with van der Waals surface area (Å²) in [5, 5.41) is 3.72. The summed E-state index contributed by atoms with van der Waals surface area (Å²) in [7, 11) is 1.92. The van der Waals surface area contributed by atoms with Crippen LogP contribution >= 0.6 is 36.4 Å². The number of nitrogens with zero attached hydrogens (tertiary/aromatic N) is 2. The molecule has 1 atom stereocenters. The van der Waals surface area contributed by atoms with Gasteiger partial charge in [-0.25, -0.2) is 4.98 Å². The summed E-state index contributed by atoms with van der Waals surface area (Å²) in [6, 6.07) is 3.75. The van der Waals surface area contributed by atoms with Gasteiger partial charge in [-0.15, -0.1) is 24.8 Å². The zero-order valence-electron chi connectivity index (χ0n) is 9.93. The molecule has 2 heterocycles. The molecule has 0 aromatic carbocycles. The molecule has 7 heteroatoms. The lowest BCUT2D eigenvalue weighted by Crippen LogP contribution is -2.33. The first kappa shape index (κ1) is 17.4. The normalized spacial score (nSPS) is 17.9. The third-order valence-electron chi connectivity index (χ3n) is 2.83. The highest BCUT2D eigenvalue weighted by atomic mass is 35.5. The zero-order chi connectivity index (χ0) is 11.5. The van der Waals surface area contributed by atoms with Gasteiger partial charge < -0.3 is 10.2 Å². The predicted octanol–water partition coefficient (Wildman–Crippen LogP) is 2.01. The van der Waals surface area contributed by atoms with E-state index in [9.17, 15) is 4.79 Å². The summed E-state index contributed by atoms with van der Waals surface area (Å²) in [4.78, 5) is 17.9. The van der Waals surface area contributed by atoms with Gasteiger partial charge in [-0.3, -0.25) is 4.79 Å². The molecule has 102 valence electrons. The van der Waals surface area contributed by atoms with Crippen molar-refractivity contribution >= 4 is 42.3 Å². The van der Waals surface area contributed by atoms with E-state index in [1.54, 1.807) is 12.1 Å². The summed E-state index contributed by atoms with van der Waals surface area (Å²) in [6.07, 6.45) is 2.50. The van der Waals surface area contributed by atoms with E-state index >= 15 is 0 Å². The van der Waals surface area contributed by atoms with Crippen LogP contribution in [-0.2, 0) is 0 Å². The molecule has 18 heavy (non-hydrogen) atoms. The molecule has 1 aliphatic rings. The highest BCUT2D eigenvalue weighted by Gasteiger charge is 2.26. The highest BCUT2D eigenvalue weighted by Crippen LogP contribution is 2.13. The molecule has 1 N–H and O–H groups in total. The molecule has 1 unspecified atom stereocenters. The van der Waals surface area contributed by atoms with E-state index in [2.05, 4.69) is 10.3 Å². The number of hydrogen-bond donors (Lipinski definition) is 1. The molecule has 1 amide bonds. The Balaban J connectivity index is 0.00000144. The first-order chi connectivity index (χ1) is 7.70. The maximum atomic E-state index is 12.0. The Morgan fingerprint density at radius 3 is 2.72 bits per heavy atom. The monoisotopic (exact) mass is 311 g/mol. The van der Waals surface area contributed by atoms with Crippen molar-refractivity contribution in [3.8, 4) is 0 Å². The van der Waals surface area contributed by atoms with Gasteiger partial charge in [0.25, 0.3) is 5.91 Å². The van der Waals surface area contributed by atoms with E-state index in [-0.39, 0.29) is 30.7 Å². The van der Waals surface area contributed by atoms with Gasteiger partial charge >= 0.3 is 0 Å². The summed E-state index contributed by atoms with van der Waals surface area (Å²) in [5.41, 5.74) is 0.459. The Hall–Kier alpha value is -0.550. The lowest BCUT2D eigenvalue weighted by atomic mass is 10.3. The minimum absolute atomic E-state index is 0. The van der Waals surface area contributed by atoms with E-state index < -0.39 is 0 Å². The van der Waals surface area contributed by atoms with E-state index in [1.165, 1.54) is 6.20 Å². The molecule has 2 rings (SSSR count). The van der Waals surface area contributed by atoms with Crippen LogP contribution in [0.2, 0.25) is 5.02 Å². The molecular weight excluding hydrogens is 296 g/mol. The first-order valence-electron chi connectivity index (χ1n) is 5.29. The van der Waals surface area contributed by atoms with Crippen LogP contribution in [0.15, 0.2) is 18.3 Å². The first-order valence-corrected chi connectivity index (χ1v) is 5.66. The lowest BCUT2D eigenvalue weighted by Gasteiger charge is -2.15. The number of pyridine rings is 1. The summed E-state index contributed by atoms with van der Waals surface area (Å²) >= 11 is 5.72. The molecule has 1 saturated heterocycles. The molecule has 1 fully saturated rings. The minimum atomic E-state index is -0.0191. The van der Waals surface area contributed by atoms with Crippen LogP contribution in [0.4, 0.5) is 0 Å². The number of carbonyl (C=O) groups excluding carboxylic acids is 1. The van der Waals surface area contributed by atoms with Crippen molar-refractivity contribution < 1.29 is 4.79 Å². The number of carbonyl (C=O) groups is 1. The average molecular weight is 313 g/mol. The van der Waals surface area contributed by atoms with E-state index in [4.69, 9.17) is 11.6 Å². The number of likely N-dealkylation sites (tertiary alicyclic amines) is 1. The molecule has 1 aromatic rings. The van der Waals surface area contributed by atoms with Crippen LogP contribution in [0.3, 0.4) is 0 Å². The van der Waals surface area contributed by atoms with Crippen molar-refractivity contribution in [1.29, 1.82) is 0 Å². The van der Waals surface area contributed by atoms with Crippen molar-refractivity contribution in [2.45, 2.75) is 12.5 Å². The maximum Gasteiger partial charge on any atom is 0.272 e. The Kier molecular flexibility index (Phi) is 7.55. The van der Waals surface area contributed by atoms with Crippen molar-refractivity contribution in [2.75, 3.05) is 20.1 Å². The van der Waals surface area contributed by atoms with Crippen LogP contribution in [-0.4, -0.2) is 42.0 Å². The Morgan fingerprint density at radius 1 is 1.50 bits per heavy atom. The largest absolute Gasteiger partial charge is 0.336 e. The number of hydrogen-bond acceptors (Lipinski definition) is 3. The molecule has 0 saturated carbocycles. The quantitative estimate of drug-likeness (QED) is 0.908. The minimum Gasteiger partial charge on any atom is -0.336 e. The SMILES string of the molecule is CNC1CCN(C(=O)c2ccc(Cl)cn2)C1.Cl.Cl. The van der Waals surface area contributed by atoms with Gasteiger partial charge in [-0.2, -0.15) is 0 Å². The van der Waals surface area contributed by atoms with Gasteiger partial charge in [0.1, 0.15) is 5.69 Å².